The van der Waals surface area contributed by atoms with E-state index in [1.54, 1.807) is 24.7 Å². The molecule has 0 fully saturated rings. The smallest absolute Gasteiger partial charge is 0.223 e. The van der Waals surface area contributed by atoms with Crippen molar-refractivity contribution in [1.29, 1.82) is 0 Å². The Labute approximate surface area is 92.9 Å². The maximum absolute atomic E-state index is 10.8. The molecule has 2 aromatic heterocycles. The molecule has 0 unspecified atom stereocenters. The molecule has 4 heteroatoms. The van der Waals surface area contributed by atoms with Crippen molar-refractivity contribution in [3.63, 3.8) is 0 Å². The first-order chi connectivity index (χ1) is 7.85. The minimum absolute atomic E-state index is 0.341. The van der Waals surface area contributed by atoms with Crippen LogP contribution in [0, 0.1) is 0 Å². The fourth-order valence-corrected chi connectivity index (χ4v) is 1.43. The van der Waals surface area contributed by atoms with Crippen LogP contribution in [-0.2, 0) is 0 Å². The van der Waals surface area contributed by atoms with E-state index in [9.17, 15) is 4.79 Å². The molecular weight excluding hydrogens is 204 g/mol. The van der Waals surface area contributed by atoms with E-state index in [-0.39, 0.29) is 0 Å². The summed E-state index contributed by atoms with van der Waals surface area (Å²) in [5.74, 6) is 0.341. The number of methoxy groups -OCH3 is 1. The fraction of sp³-hybridized carbons (Fsp3) is 0.0833. The van der Waals surface area contributed by atoms with Gasteiger partial charge in [-0.15, -0.1) is 0 Å². The van der Waals surface area contributed by atoms with Gasteiger partial charge in [0.1, 0.15) is 0 Å². The minimum Gasteiger partial charge on any atom is -0.480 e. The van der Waals surface area contributed by atoms with Gasteiger partial charge >= 0.3 is 0 Å². The third kappa shape index (κ3) is 1.91. The van der Waals surface area contributed by atoms with Gasteiger partial charge in [-0.05, 0) is 23.8 Å². The van der Waals surface area contributed by atoms with Crippen LogP contribution < -0.4 is 4.74 Å². The van der Waals surface area contributed by atoms with Crippen molar-refractivity contribution < 1.29 is 9.53 Å². The Kier molecular flexibility index (Phi) is 2.91. The molecule has 0 saturated heterocycles. The quantitative estimate of drug-likeness (QED) is 0.733. The van der Waals surface area contributed by atoms with E-state index in [0.717, 1.165) is 17.4 Å². The molecule has 0 N–H and O–H groups in total. The van der Waals surface area contributed by atoms with E-state index in [0.29, 0.717) is 11.4 Å². The molecule has 2 rings (SSSR count). The number of carbonyl (C=O) groups is 1. The summed E-state index contributed by atoms with van der Waals surface area (Å²) in [4.78, 5) is 18.8. The lowest BCUT2D eigenvalue weighted by Gasteiger charge is -2.05. The lowest BCUT2D eigenvalue weighted by atomic mass is 10.1. The summed E-state index contributed by atoms with van der Waals surface area (Å²) in [6, 6.07) is 5.46. The first kappa shape index (κ1) is 10.3. The number of rotatable bonds is 3. The van der Waals surface area contributed by atoms with Crippen LogP contribution in [0.2, 0.25) is 0 Å². The van der Waals surface area contributed by atoms with Crippen LogP contribution in [0.1, 0.15) is 10.4 Å². The number of aromatic nitrogens is 2. The van der Waals surface area contributed by atoms with Crippen molar-refractivity contribution in [2.45, 2.75) is 0 Å². The molecule has 0 spiro atoms. The van der Waals surface area contributed by atoms with Crippen LogP contribution >= 0.6 is 0 Å². The molecule has 0 aliphatic carbocycles. The highest BCUT2D eigenvalue weighted by Gasteiger charge is 2.06. The molecule has 0 radical (unpaired) electrons. The molecule has 0 aliphatic rings. The second-order valence-corrected chi connectivity index (χ2v) is 3.18. The van der Waals surface area contributed by atoms with Crippen molar-refractivity contribution in [2.75, 3.05) is 7.11 Å². The van der Waals surface area contributed by atoms with Crippen molar-refractivity contribution >= 4 is 6.29 Å². The number of pyridine rings is 2. The average Bonchev–Trinajstić information content (AvgIpc) is 2.39. The molecule has 4 nitrogen and oxygen atoms in total. The van der Waals surface area contributed by atoms with E-state index in [4.69, 9.17) is 4.74 Å². The summed E-state index contributed by atoms with van der Waals surface area (Å²) in [6.45, 7) is 0. The summed E-state index contributed by atoms with van der Waals surface area (Å²) in [5.41, 5.74) is 2.27. The maximum atomic E-state index is 10.8. The molecule has 0 aliphatic heterocycles. The van der Waals surface area contributed by atoms with Crippen molar-refractivity contribution in [3.8, 4) is 17.0 Å². The zero-order valence-electron chi connectivity index (χ0n) is 8.75. The van der Waals surface area contributed by atoms with Gasteiger partial charge in [0, 0.05) is 24.2 Å². The highest BCUT2D eigenvalue weighted by molar-refractivity contribution is 5.81. The predicted octanol–water partition coefficient (Wildman–Crippen LogP) is 1.96. The molecule has 80 valence electrons. The Morgan fingerprint density at radius 3 is 2.62 bits per heavy atom. The van der Waals surface area contributed by atoms with Gasteiger partial charge in [0.25, 0.3) is 0 Å². The van der Waals surface area contributed by atoms with Crippen molar-refractivity contribution in [1.82, 2.24) is 9.97 Å². The van der Waals surface area contributed by atoms with Gasteiger partial charge in [-0.2, -0.15) is 0 Å². The van der Waals surface area contributed by atoms with Crippen LogP contribution in [0.25, 0.3) is 11.1 Å². The zero-order chi connectivity index (χ0) is 11.4. The SMILES string of the molecule is COc1ncc(-c2ccncc2)cc1C=O. The van der Waals surface area contributed by atoms with Gasteiger partial charge in [-0.3, -0.25) is 9.78 Å². The Morgan fingerprint density at radius 2 is 2.00 bits per heavy atom. The molecule has 2 aromatic rings. The first-order valence-corrected chi connectivity index (χ1v) is 4.74. The molecule has 2 heterocycles. The number of hydrogen-bond donors (Lipinski definition) is 0. The molecule has 0 aromatic carbocycles. The summed E-state index contributed by atoms with van der Waals surface area (Å²) in [5, 5.41) is 0. The van der Waals surface area contributed by atoms with E-state index in [2.05, 4.69) is 9.97 Å². The van der Waals surface area contributed by atoms with E-state index < -0.39 is 0 Å². The van der Waals surface area contributed by atoms with Crippen LogP contribution in [0.5, 0.6) is 5.88 Å². The van der Waals surface area contributed by atoms with Crippen LogP contribution in [-0.4, -0.2) is 23.4 Å². The number of hydrogen-bond acceptors (Lipinski definition) is 4. The van der Waals surface area contributed by atoms with Crippen molar-refractivity contribution in [3.05, 3.63) is 42.4 Å². The fourth-order valence-electron chi connectivity index (χ4n) is 1.43. The topological polar surface area (TPSA) is 52.1 Å². The molecule has 0 amide bonds. The molecule has 0 atom stereocenters. The Morgan fingerprint density at radius 1 is 1.25 bits per heavy atom. The van der Waals surface area contributed by atoms with Gasteiger partial charge in [-0.1, -0.05) is 0 Å². The second-order valence-electron chi connectivity index (χ2n) is 3.18. The third-order valence-corrected chi connectivity index (χ3v) is 2.21. The number of nitrogens with zero attached hydrogens (tertiary/aromatic N) is 2. The monoisotopic (exact) mass is 214 g/mol. The van der Waals surface area contributed by atoms with Crippen LogP contribution in [0.3, 0.4) is 0 Å². The highest BCUT2D eigenvalue weighted by atomic mass is 16.5. The Bertz CT molecular complexity index is 498. The zero-order valence-corrected chi connectivity index (χ0v) is 8.75. The number of ether oxygens (including phenoxy) is 1. The number of carbonyl (C=O) groups excluding carboxylic acids is 1. The van der Waals surface area contributed by atoms with Gasteiger partial charge in [0.2, 0.25) is 5.88 Å². The first-order valence-electron chi connectivity index (χ1n) is 4.74. The third-order valence-electron chi connectivity index (χ3n) is 2.21. The predicted molar refractivity (Wildman–Crippen MR) is 59.4 cm³/mol. The molecule has 16 heavy (non-hydrogen) atoms. The lowest BCUT2D eigenvalue weighted by molar-refractivity contribution is 0.112. The molecule has 0 saturated carbocycles. The van der Waals surface area contributed by atoms with Crippen molar-refractivity contribution in [2.24, 2.45) is 0 Å². The molecule has 0 bridgehead atoms. The average molecular weight is 214 g/mol. The van der Waals surface area contributed by atoms with Crippen LogP contribution in [0.4, 0.5) is 0 Å². The maximum Gasteiger partial charge on any atom is 0.223 e. The van der Waals surface area contributed by atoms with Gasteiger partial charge < -0.3 is 4.74 Å². The summed E-state index contributed by atoms with van der Waals surface area (Å²) < 4.78 is 4.97. The summed E-state index contributed by atoms with van der Waals surface area (Å²) in [7, 11) is 1.49. The normalized spacial score (nSPS) is 9.81. The Balaban J connectivity index is 2.48. The van der Waals surface area contributed by atoms with Gasteiger partial charge in [-0.25, -0.2) is 4.98 Å². The Hall–Kier alpha value is -2.23. The molecular formula is C12H10N2O2. The van der Waals surface area contributed by atoms with Crippen LogP contribution in [0.15, 0.2) is 36.8 Å². The highest BCUT2D eigenvalue weighted by Crippen LogP contribution is 2.22. The van der Waals surface area contributed by atoms with Gasteiger partial charge in [0.05, 0.1) is 12.7 Å². The van der Waals surface area contributed by atoms with E-state index >= 15 is 0 Å². The summed E-state index contributed by atoms with van der Waals surface area (Å²) in [6.07, 6.45) is 5.79. The minimum atomic E-state index is 0.341. The number of aldehydes is 1. The lowest BCUT2D eigenvalue weighted by Crippen LogP contribution is -1.94. The summed E-state index contributed by atoms with van der Waals surface area (Å²) >= 11 is 0. The second kappa shape index (κ2) is 4.53. The van der Waals surface area contributed by atoms with Gasteiger partial charge in [0.15, 0.2) is 6.29 Å². The standard InChI is InChI=1S/C12H10N2O2/c1-16-12-11(8-15)6-10(7-14-12)9-2-4-13-5-3-9/h2-8H,1H3. The van der Waals surface area contributed by atoms with E-state index in [1.165, 1.54) is 7.11 Å². The van der Waals surface area contributed by atoms with E-state index in [1.807, 2.05) is 12.1 Å². The largest absolute Gasteiger partial charge is 0.480 e.